The molecule has 1 atom stereocenters. The lowest BCUT2D eigenvalue weighted by Gasteiger charge is -2.26. The van der Waals surface area contributed by atoms with Crippen LogP contribution in [0.1, 0.15) is 33.1 Å². The second-order valence-electron chi connectivity index (χ2n) is 4.52. The maximum Gasteiger partial charge on any atom is 0.0823 e. The van der Waals surface area contributed by atoms with Crippen molar-refractivity contribution in [2.75, 3.05) is 32.8 Å². The average molecular weight is 214 g/mol. The average Bonchev–Trinajstić information content (AvgIpc) is 3.01. The van der Waals surface area contributed by atoms with E-state index in [1.165, 1.54) is 32.4 Å². The Morgan fingerprint density at radius 2 is 2.13 bits per heavy atom. The van der Waals surface area contributed by atoms with Gasteiger partial charge in [-0.15, -0.1) is 0 Å². The van der Waals surface area contributed by atoms with Crippen LogP contribution in [0.25, 0.3) is 0 Å². The molecular formula is C12H26N2O. The minimum atomic E-state index is 0.222. The van der Waals surface area contributed by atoms with Gasteiger partial charge < -0.3 is 15.4 Å². The molecule has 0 aliphatic heterocycles. The van der Waals surface area contributed by atoms with Crippen LogP contribution in [0, 0.1) is 5.92 Å². The molecule has 1 saturated carbocycles. The number of hydrogen-bond donors (Lipinski definition) is 1. The Kier molecular flexibility index (Phi) is 6.22. The van der Waals surface area contributed by atoms with E-state index < -0.39 is 0 Å². The number of ether oxygens (including phenoxy) is 1. The molecule has 2 N–H and O–H groups in total. The Hall–Kier alpha value is -0.120. The summed E-state index contributed by atoms with van der Waals surface area (Å²) >= 11 is 0. The van der Waals surface area contributed by atoms with Gasteiger partial charge in [0.05, 0.1) is 6.10 Å². The quantitative estimate of drug-likeness (QED) is 0.632. The monoisotopic (exact) mass is 214 g/mol. The summed E-state index contributed by atoms with van der Waals surface area (Å²) in [7, 11) is 0. The highest BCUT2D eigenvalue weighted by Crippen LogP contribution is 2.29. The Balaban J connectivity index is 2.25. The molecule has 90 valence electrons. The third-order valence-corrected chi connectivity index (χ3v) is 2.88. The maximum atomic E-state index is 5.70. The highest BCUT2D eigenvalue weighted by molar-refractivity contribution is 4.78. The molecule has 3 heteroatoms. The van der Waals surface area contributed by atoms with Gasteiger partial charge in [-0.25, -0.2) is 0 Å². The predicted molar refractivity (Wildman–Crippen MR) is 63.9 cm³/mol. The van der Waals surface area contributed by atoms with Crippen molar-refractivity contribution in [2.24, 2.45) is 11.7 Å². The molecule has 0 aromatic carbocycles. The largest absolute Gasteiger partial charge is 0.376 e. The number of nitrogens with two attached hydrogens (primary N) is 1. The van der Waals surface area contributed by atoms with Crippen LogP contribution in [0.4, 0.5) is 0 Å². The van der Waals surface area contributed by atoms with Crippen LogP contribution in [-0.2, 0) is 4.74 Å². The number of nitrogens with zero attached hydrogens (tertiary/aromatic N) is 1. The summed E-state index contributed by atoms with van der Waals surface area (Å²) in [6.45, 7) is 9.11. The highest BCUT2D eigenvalue weighted by Gasteiger charge is 2.25. The van der Waals surface area contributed by atoms with E-state index in [0.717, 1.165) is 19.1 Å². The third-order valence-electron chi connectivity index (χ3n) is 2.88. The molecule has 0 saturated heterocycles. The van der Waals surface area contributed by atoms with Gasteiger partial charge in [0.1, 0.15) is 0 Å². The first-order valence-corrected chi connectivity index (χ1v) is 6.34. The first kappa shape index (κ1) is 12.9. The molecule has 15 heavy (non-hydrogen) atoms. The zero-order chi connectivity index (χ0) is 11.1. The van der Waals surface area contributed by atoms with Gasteiger partial charge in [0.15, 0.2) is 0 Å². The Labute approximate surface area is 94.0 Å². The van der Waals surface area contributed by atoms with E-state index in [0.29, 0.717) is 6.54 Å². The first-order chi connectivity index (χ1) is 7.30. The SMILES string of the molecule is CCCN(CC1CC1)CC(CN)OCC. The zero-order valence-electron chi connectivity index (χ0n) is 10.2. The Morgan fingerprint density at radius 3 is 2.60 bits per heavy atom. The second-order valence-corrected chi connectivity index (χ2v) is 4.52. The third kappa shape index (κ3) is 5.50. The standard InChI is InChI=1S/C12H26N2O/c1-3-7-14(9-11-5-6-11)10-12(8-13)15-4-2/h11-12H,3-10,13H2,1-2H3. The Morgan fingerprint density at radius 1 is 1.40 bits per heavy atom. The molecule has 3 nitrogen and oxygen atoms in total. The fourth-order valence-electron chi connectivity index (χ4n) is 1.96. The number of hydrogen-bond acceptors (Lipinski definition) is 3. The fourth-order valence-corrected chi connectivity index (χ4v) is 1.96. The lowest BCUT2D eigenvalue weighted by Crippen LogP contribution is -2.39. The van der Waals surface area contributed by atoms with Crippen LogP contribution >= 0.6 is 0 Å². The Bertz CT molecular complexity index is 160. The molecule has 0 radical (unpaired) electrons. The van der Waals surface area contributed by atoms with Crippen molar-refractivity contribution >= 4 is 0 Å². The van der Waals surface area contributed by atoms with Crippen LogP contribution in [0.3, 0.4) is 0 Å². The van der Waals surface area contributed by atoms with Gasteiger partial charge in [-0.05, 0) is 38.6 Å². The first-order valence-electron chi connectivity index (χ1n) is 6.34. The van der Waals surface area contributed by atoms with E-state index in [1.54, 1.807) is 0 Å². The van der Waals surface area contributed by atoms with Gasteiger partial charge in [0.25, 0.3) is 0 Å². The lowest BCUT2D eigenvalue weighted by atomic mass is 10.2. The normalized spacial score (nSPS) is 18.4. The molecule has 0 bridgehead atoms. The van der Waals surface area contributed by atoms with E-state index in [9.17, 15) is 0 Å². The minimum absolute atomic E-state index is 0.222. The van der Waals surface area contributed by atoms with Gasteiger partial charge in [0, 0.05) is 26.2 Å². The van der Waals surface area contributed by atoms with Gasteiger partial charge >= 0.3 is 0 Å². The summed E-state index contributed by atoms with van der Waals surface area (Å²) < 4.78 is 5.60. The zero-order valence-corrected chi connectivity index (χ0v) is 10.2. The van der Waals surface area contributed by atoms with Crippen LogP contribution in [0.2, 0.25) is 0 Å². The molecule has 0 aromatic heterocycles. The highest BCUT2D eigenvalue weighted by atomic mass is 16.5. The van der Waals surface area contributed by atoms with Crippen LogP contribution < -0.4 is 5.73 Å². The van der Waals surface area contributed by atoms with Gasteiger partial charge in [-0.2, -0.15) is 0 Å². The summed E-state index contributed by atoms with van der Waals surface area (Å²) in [5.41, 5.74) is 5.70. The van der Waals surface area contributed by atoms with E-state index in [1.807, 2.05) is 6.92 Å². The number of rotatable bonds is 9. The topological polar surface area (TPSA) is 38.5 Å². The van der Waals surface area contributed by atoms with Crippen molar-refractivity contribution in [3.05, 3.63) is 0 Å². The summed E-state index contributed by atoms with van der Waals surface area (Å²) in [5.74, 6) is 0.955. The van der Waals surface area contributed by atoms with Crippen molar-refractivity contribution in [3.63, 3.8) is 0 Å². The van der Waals surface area contributed by atoms with E-state index in [-0.39, 0.29) is 6.10 Å². The van der Waals surface area contributed by atoms with Gasteiger partial charge in [0.2, 0.25) is 0 Å². The molecular weight excluding hydrogens is 188 g/mol. The summed E-state index contributed by atoms with van der Waals surface area (Å²) in [6, 6.07) is 0. The van der Waals surface area contributed by atoms with Crippen LogP contribution in [-0.4, -0.2) is 43.8 Å². The molecule has 0 spiro atoms. The fraction of sp³-hybridized carbons (Fsp3) is 1.00. The van der Waals surface area contributed by atoms with Crippen LogP contribution in [0.5, 0.6) is 0 Å². The lowest BCUT2D eigenvalue weighted by molar-refractivity contribution is 0.0380. The summed E-state index contributed by atoms with van der Waals surface area (Å²) in [4.78, 5) is 2.52. The molecule has 1 rings (SSSR count). The van der Waals surface area contributed by atoms with Crippen LogP contribution in [0.15, 0.2) is 0 Å². The van der Waals surface area contributed by atoms with Crippen molar-refractivity contribution in [1.82, 2.24) is 4.90 Å². The van der Waals surface area contributed by atoms with Crippen molar-refractivity contribution < 1.29 is 4.74 Å². The molecule has 0 amide bonds. The molecule has 0 heterocycles. The molecule has 1 aliphatic carbocycles. The van der Waals surface area contributed by atoms with Crippen molar-refractivity contribution in [2.45, 2.75) is 39.2 Å². The smallest absolute Gasteiger partial charge is 0.0823 e. The molecule has 0 aromatic rings. The molecule has 1 unspecified atom stereocenters. The molecule has 1 fully saturated rings. The van der Waals surface area contributed by atoms with E-state index in [2.05, 4.69) is 11.8 Å². The van der Waals surface area contributed by atoms with Crippen molar-refractivity contribution in [3.8, 4) is 0 Å². The predicted octanol–water partition coefficient (Wildman–Crippen LogP) is 1.47. The van der Waals surface area contributed by atoms with Gasteiger partial charge in [-0.1, -0.05) is 6.92 Å². The second kappa shape index (κ2) is 7.20. The van der Waals surface area contributed by atoms with Crippen molar-refractivity contribution in [1.29, 1.82) is 0 Å². The minimum Gasteiger partial charge on any atom is -0.376 e. The van der Waals surface area contributed by atoms with E-state index in [4.69, 9.17) is 10.5 Å². The maximum absolute atomic E-state index is 5.70. The molecule has 1 aliphatic rings. The van der Waals surface area contributed by atoms with Gasteiger partial charge in [-0.3, -0.25) is 0 Å². The summed E-state index contributed by atoms with van der Waals surface area (Å²) in [6.07, 6.45) is 4.28. The summed E-state index contributed by atoms with van der Waals surface area (Å²) in [5, 5.41) is 0. The van der Waals surface area contributed by atoms with E-state index >= 15 is 0 Å².